The van der Waals surface area contributed by atoms with E-state index in [9.17, 15) is 4.79 Å². The number of aliphatic hydroxyl groups excluding tert-OH is 1. The van der Waals surface area contributed by atoms with Gasteiger partial charge in [-0.05, 0) is 18.4 Å². The molecule has 1 unspecified atom stereocenters. The third kappa shape index (κ3) is 5.65. The lowest BCUT2D eigenvalue weighted by Gasteiger charge is -2.18. The first-order valence-corrected chi connectivity index (χ1v) is 6.53. The molecule has 19 heavy (non-hydrogen) atoms. The number of carbonyl (C=O) groups excluding carboxylic acids is 1. The van der Waals surface area contributed by atoms with Gasteiger partial charge in [0.15, 0.2) is 0 Å². The Balaban J connectivity index is 2.35. The second-order valence-corrected chi connectivity index (χ2v) is 4.50. The van der Waals surface area contributed by atoms with Crippen LogP contribution in [0, 0.1) is 5.92 Å². The van der Waals surface area contributed by atoms with E-state index in [-0.39, 0.29) is 19.1 Å². The Hall–Kier alpha value is -1.69. The summed E-state index contributed by atoms with van der Waals surface area (Å²) < 4.78 is 0. The van der Waals surface area contributed by atoms with E-state index in [1.165, 1.54) is 0 Å². The van der Waals surface area contributed by atoms with Gasteiger partial charge in [0.1, 0.15) is 0 Å². The number of nitrogens with one attached hydrogen (secondary N) is 1. The first-order valence-electron chi connectivity index (χ1n) is 6.53. The van der Waals surface area contributed by atoms with Crippen molar-refractivity contribution in [2.24, 2.45) is 5.92 Å². The molecule has 106 valence electrons. The highest BCUT2D eigenvalue weighted by molar-refractivity contribution is 5.80. The number of likely N-dealkylation sites (N-methyl/N-ethyl adjacent to an activating group) is 1. The van der Waals surface area contributed by atoms with E-state index in [0.29, 0.717) is 24.8 Å². The summed E-state index contributed by atoms with van der Waals surface area (Å²) in [5, 5.41) is 11.8. The monoisotopic (exact) mass is 266 g/mol. The lowest BCUT2D eigenvalue weighted by Crippen LogP contribution is -2.38. The molecule has 0 bridgehead atoms. The van der Waals surface area contributed by atoms with Crippen LogP contribution in [0.1, 0.15) is 19.8 Å². The molecule has 2 N–H and O–H groups in total. The van der Waals surface area contributed by atoms with Crippen LogP contribution >= 0.6 is 0 Å². The fourth-order valence-corrected chi connectivity index (χ4v) is 1.72. The van der Waals surface area contributed by atoms with E-state index in [4.69, 9.17) is 5.11 Å². The maximum absolute atomic E-state index is 11.8. The normalized spacial score (nSPS) is 11.9. The second kappa shape index (κ2) is 8.42. The van der Waals surface area contributed by atoms with Crippen molar-refractivity contribution in [3.05, 3.63) is 18.5 Å². The van der Waals surface area contributed by atoms with Gasteiger partial charge < -0.3 is 15.3 Å². The van der Waals surface area contributed by atoms with Gasteiger partial charge in [-0.3, -0.25) is 4.79 Å². The number of rotatable bonds is 8. The summed E-state index contributed by atoms with van der Waals surface area (Å²) in [6.07, 6.45) is 4.95. The van der Waals surface area contributed by atoms with Gasteiger partial charge in [-0.25, -0.2) is 9.97 Å². The van der Waals surface area contributed by atoms with Crippen LogP contribution < -0.4 is 10.2 Å². The van der Waals surface area contributed by atoms with Crippen molar-refractivity contribution in [1.82, 2.24) is 15.3 Å². The first-order chi connectivity index (χ1) is 9.17. The SMILES string of the molecule is CCC(CCO)CNC(=O)CN(C)c1ncccn1. The number of amides is 1. The highest BCUT2D eigenvalue weighted by atomic mass is 16.3. The molecule has 0 aromatic carbocycles. The third-order valence-corrected chi connectivity index (χ3v) is 2.98. The van der Waals surface area contributed by atoms with Gasteiger partial charge in [0.2, 0.25) is 11.9 Å². The van der Waals surface area contributed by atoms with E-state index >= 15 is 0 Å². The van der Waals surface area contributed by atoms with Crippen LogP contribution in [0.2, 0.25) is 0 Å². The van der Waals surface area contributed by atoms with Crippen molar-refractivity contribution in [2.45, 2.75) is 19.8 Å². The minimum Gasteiger partial charge on any atom is -0.396 e. The van der Waals surface area contributed by atoms with Crippen molar-refractivity contribution in [3.8, 4) is 0 Å². The molecule has 1 atom stereocenters. The van der Waals surface area contributed by atoms with Gasteiger partial charge >= 0.3 is 0 Å². The van der Waals surface area contributed by atoms with Crippen LogP contribution in [0.5, 0.6) is 0 Å². The number of aromatic nitrogens is 2. The zero-order chi connectivity index (χ0) is 14.1. The molecule has 1 heterocycles. The van der Waals surface area contributed by atoms with E-state index in [0.717, 1.165) is 6.42 Å². The molecule has 0 aliphatic rings. The molecule has 1 aromatic rings. The fourth-order valence-electron chi connectivity index (χ4n) is 1.72. The minimum absolute atomic E-state index is 0.0636. The van der Waals surface area contributed by atoms with Crippen molar-refractivity contribution in [1.29, 1.82) is 0 Å². The third-order valence-electron chi connectivity index (χ3n) is 2.98. The van der Waals surface area contributed by atoms with Crippen LogP contribution in [0.3, 0.4) is 0 Å². The van der Waals surface area contributed by atoms with E-state index < -0.39 is 0 Å². The quantitative estimate of drug-likeness (QED) is 0.714. The summed E-state index contributed by atoms with van der Waals surface area (Å²) >= 11 is 0. The Morgan fingerprint density at radius 2 is 2.16 bits per heavy atom. The topological polar surface area (TPSA) is 78.4 Å². The lowest BCUT2D eigenvalue weighted by atomic mass is 10.0. The maximum atomic E-state index is 11.8. The molecule has 0 saturated carbocycles. The average Bonchev–Trinajstić information content (AvgIpc) is 2.44. The van der Waals surface area contributed by atoms with E-state index in [2.05, 4.69) is 22.2 Å². The molecule has 0 saturated heterocycles. The number of hydrogen-bond acceptors (Lipinski definition) is 5. The number of carbonyl (C=O) groups is 1. The minimum atomic E-state index is -0.0636. The van der Waals surface area contributed by atoms with Crippen molar-refractivity contribution in [3.63, 3.8) is 0 Å². The van der Waals surface area contributed by atoms with Gasteiger partial charge in [-0.1, -0.05) is 13.3 Å². The van der Waals surface area contributed by atoms with Crippen molar-refractivity contribution in [2.75, 3.05) is 31.6 Å². The van der Waals surface area contributed by atoms with Crippen LogP contribution in [0.25, 0.3) is 0 Å². The average molecular weight is 266 g/mol. The van der Waals surface area contributed by atoms with Gasteiger partial charge in [-0.15, -0.1) is 0 Å². The number of anilines is 1. The molecular formula is C13H22N4O2. The lowest BCUT2D eigenvalue weighted by molar-refractivity contribution is -0.119. The Labute approximate surface area is 113 Å². The summed E-state index contributed by atoms with van der Waals surface area (Å²) in [5.74, 6) is 0.790. The highest BCUT2D eigenvalue weighted by Crippen LogP contribution is 2.06. The molecule has 1 rings (SSSR count). The number of aliphatic hydroxyl groups is 1. The summed E-state index contributed by atoms with van der Waals surface area (Å²) in [4.78, 5) is 21.6. The fraction of sp³-hybridized carbons (Fsp3) is 0.615. The van der Waals surface area contributed by atoms with Crippen molar-refractivity contribution >= 4 is 11.9 Å². The molecule has 0 fully saturated rings. The summed E-state index contributed by atoms with van der Waals surface area (Å²) in [5.41, 5.74) is 0. The van der Waals surface area contributed by atoms with Crippen LogP contribution in [-0.4, -0.2) is 47.7 Å². The van der Waals surface area contributed by atoms with Gasteiger partial charge in [-0.2, -0.15) is 0 Å². The molecule has 0 aliphatic carbocycles. The molecule has 1 aromatic heterocycles. The predicted molar refractivity (Wildman–Crippen MR) is 73.8 cm³/mol. The highest BCUT2D eigenvalue weighted by Gasteiger charge is 2.11. The van der Waals surface area contributed by atoms with Crippen LogP contribution in [-0.2, 0) is 4.79 Å². The van der Waals surface area contributed by atoms with Crippen LogP contribution in [0.15, 0.2) is 18.5 Å². The molecule has 0 spiro atoms. The van der Waals surface area contributed by atoms with Gasteiger partial charge in [0.05, 0.1) is 6.54 Å². The summed E-state index contributed by atoms with van der Waals surface area (Å²) in [6.45, 7) is 3.03. The van der Waals surface area contributed by atoms with Crippen LogP contribution in [0.4, 0.5) is 5.95 Å². The number of nitrogens with zero attached hydrogens (tertiary/aromatic N) is 3. The first kappa shape index (κ1) is 15.4. The summed E-state index contributed by atoms with van der Waals surface area (Å²) in [6, 6.07) is 1.73. The van der Waals surface area contributed by atoms with E-state index in [1.54, 1.807) is 30.4 Å². The second-order valence-electron chi connectivity index (χ2n) is 4.50. The largest absolute Gasteiger partial charge is 0.396 e. The zero-order valence-electron chi connectivity index (χ0n) is 11.5. The Morgan fingerprint density at radius 1 is 1.47 bits per heavy atom. The van der Waals surface area contributed by atoms with Gasteiger partial charge in [0, 0.05) is 32.6 Å². The van der Waals surface area contributed by atoms with E-state index in [1.807, 2.05) is 0 Å². The summed E-state index contributed by atoms with van der Waals surface area (Å²) in [7, 11) is 1.78. The van der Waals surface area contributed by atoms with Crippen molar-refractivity contribution < 1.29 is 9.90 Å². The Kier molecular flexibility index (Phi) is 6.81. The molecule has 6 nitrogen and oxygen atoms in total. The molecule has 0 radical (unpaired) electrons. The molecule has 0 aliphatic heterocycles. The molecular weight excluding hydrogens is 244 g/mol. The Morgan fingerprint density at radius 3 is 2.74 bits per heavy atom. The molecule has 1 amide bonds. The standard InChI is InChI=1S/C13H22N4O2/c1-3-11(5-8-18)9-16-12(19)10-17(2)13-14-6-4-7-15-13/h4,6-7,11,18H,3,5,8-10H2,1-2H3,(H,16,19). The smallest absolute Gasteiger partial charge is 0.239 e. The molecule has 6 heteroatoms. The Bertz CT molecular complexity index is 372. The zero-order valence-corrected chi connectivity index (χ0v) is 11.5. The number of hydrogen-bond donors (Lipinski definition) is 2. The maximum Gasteiger partial charge on any atom is 0.239 e. The predicted octanol–water partition coefficient (Wildman–Crippen LogP) is 0.438. The van der Waals surface area contributed by atoms with Gasteiger partial charge in [0.25, 0.3) is 0 Å².